The molecule has 4 amide bonds. The number of allylic oxidation sites excluding steroid dienone is 2. The van der Waals surface area contributed by atoms with E-state index >= 15 is 8.78 Å². The van der Waals surface area contributed by atoms with Crippen molar-refractivity contribution in [1.29, 1.82) is 0 Å². The third-order valence-electron chi connectivity index (χ3n) is 10.7. The molecule has 4 aliphatic rings. The number of imide groups is 2. The molecule has 22 heteroatoms. The van der Waals surface area contributed by atoms with Crippen molar-refractivity contribution in [2.24, 2.45) is 17.8 Å². The Bertz CT molecular complexity index is 2370. The quantitative estimate of drug-likeness (QED) is 0.0426. The maximum Gasteiger partial charge on any atom is 0.301 e. The molecule has 3 aromatic rings. The molecule has 2 aliphatic carbocycles. The second kappa shape index (κ2) is 12.8. The lowest BCUT2D eigenvalue weighted by Crippen LogP contribution is -2.60. The fourth-order valence-electron chi connectivity index (χ4n) is 8.37. The fourth-order valence-corrected chi connectivity index (χ4v) is 9.58. The number of phenols is 1. The SMILES string of the molecule is CN(C)c1c([N+](=O)[O-])cc(N2C(=O)[C@H]3[C@H](CC=C4[C@H]3C[C@@]3(Cl)C(=O)N(c5c(F)c(F)c(F)c(F)c5F)C(=O)[C@@]3(Cl)[C@H]4c3ccc(O)cc3Cl)C2=O)cc1[N+](=O)[O-]. The Morgan fingerprint density at radius 1 is 0.821 bits per heavy atom. The number of fused-ring (bicyclic) bond motifs is 4. The zero-order valence-electron chi connectivity index (χ0n) is 28.2. The summed E-state index contributed by atoms with van der Waals surface area (Å²) < 4.78 is 73.5. The van der Waals surface area contributed by atoms with E-state index in [1.54, 1.807) is 0 Å². The average molecular weight is 845 g/mol. The smallest absolute Gasteiger partial charge is 0.301 e. The molecule has 0 spiro atoms. The molecule has 3 fully saturated rings. The molecule has 7 rings (SSSR count). The largest absolute Gasteiger partial charge is 0.508 e. The molecule has 0 aromatic heterocycles. The van der Waals surface area contributed by atoms with Gasteiger partial charge < -0.3 is 10.0 Å². The number of nitro benzene ring substituents is 2. The minimum Gasteiger partial charge on any atom is -0.508 e. The zero-order chi connectivity index (χ0) is 41.2. The van der Waals surface area contributed by atoms with Gasteiger partial charge in [-0.3, -0.25) is 39.4 Å². The van der Waals surface area contributed by atoms with Crippen LogP contribution in [0.5, 0.6) is 5.75 Å². The molecule has 2 aliphatic heterocycles. The number of rotatable bonds is 6. The second-order valence-corrected chi connectivity index (χ2v) is 15.3. The highest BCUT2D eigenvalue weighted by Gasteiger charge is 2.77. The molecule has 14 nitrogen and oxygen atoms in total. The van der Waals surface area contributed by atoms with Crippen molar-refractivity contribution in [3.63, 3.8) is 0 Å². The summed E-state index contributed by atoms with van der Waals surface area (Å²) in [7, 11) is 2.59. The van der Waals surface area contributed by atoms with Gasteiger partial charge in [0.2, 0.25) is 17.6 Å². The Balaban J connectivity index is 1.42. The predicted molar refractivity (Wildman–Crippen MR) is 186 cm³/mol. The van der Waals surface area contributed by atoms with E-state index in [1.807, 2.05) is 0 Å². The molecular formula is C34H21Cl3F5N5O9. The van der Waals surface area contributed by atoms with E-state index in [4.69, 9.17) is 34.8 Å². The first-order valence-electron chi connectivity index (χ1n) is 16.1. The molecule has 0 bridgehead atoms. The molecule has 6 atom stereocenters. The maximum atomic E-state index is 15.3. The molecule has 1 saturated carbocycles. The number of anilines is 3. The number of phenolic OH excluding ortho intramolecular Hbond substituents is 1. The first-order chi connectivity index (χ1) is 26.1. The van der Waals surface area contributed by atoms with Crippen LogP contribution in [-0.4, -0.2) is 62.4 Å². The van der Waals surface area contributed by atoms with Crippen molar-refractivity contribution in [3.05, 3.63) is 102 Å². The number of halogens is 8. The summed E-state index contributed by atoms with van der Waals surface area (Å²) in [6.45, 7) is 0. The highest BCUT2D eigenvalue weighted by molar-refractivity contribution is 6.58. The number of hydrogen-bond donors (Lipinski definition) is 1. The van der Waals surface area contributed by atoms with Crippen LogP contribution in [0.4, 0.5) is 50.4 Å². The fraction of sp³-hybridized carbons (Fsp3) is 0.294. The lowest BCUT2D eigenvalue weighted by atomic mass is 9.56. The van der Waals surface area contributed by atoms with E-state index in [0.717, 1.165) is 35.2 Å². The number of nitrogens with zero attached hydrogens (tertiary/aromatic N) is 5. The van der Waals surface area contributed by atoms with Gasteiger partial charge in [0.05, 0.1) is 27.4 Å². The van der Waals surface area contributed by atoms with Crippen LogP contribution in [-0.2, 0) is 19.2 Å². The van der Waals surface area contributed by atoms with E-state index in [1.165, 1.54) is 20.2 Å². The molecule has 3 aromatic carbocycles. The van der Waals surface area contributed by atoms with Crippen molar-refractivity contribution in [2.45, 2.75) is 28.5 Å². The lowest BCUT2D eigenvalue weighted by Gasteiger charge is -2.50. The summed E-state index contributed by atoms with van der Waals surface area (Å²) in [5.41, 5.74) is -4.78. The summed E-state index contributed by atoms with van der Waals surface area (Å²) in [5, 5.41) is 34.0. The number of hydrogen-bond acceptors (Lipinski definition) is 10. The molecule has 2 saturated heterocycles. The normalized spacial score (nSPS) is 26.9. The second-order valence-electron chi connectivity index (χ2n) is 13.7. The maximum absolute atomic E-state index is 15.3. The van der Waals surface area contributed by atoms with Crippen LogP contribution >= 0.6 is 34.8 Å². The Kier molecular flexibility index (Phi) is 8.89. The van der Waals surface area contributed by atoms with Crippen LogP contribution < -0.4 is 14.7 Å². The number of aromatic hydroxyl groups is 1. The molecule has 1 N–H and O–H groups in total. The third-order valence-corrected chi connectivity index (χ3v) is 12.4. The zero-order valence-corrected chi connectivity index (χ0v) is 30.4. The Labute approximate surface area is 324 Å². The van der Waals surface area contributed by atoms with Crippen molar-refractivity contribution >= 4 is 86.9 Å². The topological polar surface area (TPSA) is 185 Å². The van der Waals surface area contributed by atoms with Crippen LogP contribution in [0.25, 0.3) is 0 Å². The van der Waals surface area contributed by atoms with E-state index in [2.05, 4.69) is 0 Å². The van der Waals surface area contributed by atoms with E-state index in [9.17, 15) is 57.7 Å². The molecular weight excluding hydrogens is 824 g/mol. The number of nitro groups is 2. The van der Waals surface area contributed by atoms with Gasteiger partial charge in [-0.15, -0.1) is 23.2 Å². The van der Waals surface area contributed by atoms with Crippen LogP contribution in [0.1, 0.15) is 24.3 Å². The van der Waals surface area contributed by atoms with E-state index in [0.29, 0.717) is 4.90 Å². The minimum absolute atomic E-state index is 0.0217. The highest BCUT2D eigenvalue weighted by Crippen LogP contribution is 2.67. The van der Waals surface area contributed by atoms with Gasteiger partial charge in [0.1, 0.15) is 11.4 Å². The van der Waals surface area contributed by atoms with Crippen molar-refractivity contribution in [1.82, 2.24) is 0 Å². The van der Waals surface area contributed by atoms with Crippen LogP contribution in [0.2, 0.25) is 5.02 Å². The standard InChI is InChI=1S/C34H21Cl3F5N5O9/c1-43(2)27-18(46(53)54)7-11(8-19(27)47(55)56)44-29(49)15-6-5-13-16(20(15)30(44)50)10-33(36)31(51)45(28-25(41)23(39)22(38)24(40)26(28)42)32(52)34(33,37)21(13)14-4-3-12(48)9-17(14)35/h3-5,7-9,15-16,20-21,48H,6,10H2,1-2H3/t15-,16+,20-,21+,33+,34-/m0/s1. The Morgan fingerprint density at radius 2 is 1.38 bits per heavy atom. The van der Waals surface area contributed by atoms with Gasteiger partial charge in [-0.2, -0.15) is 0 Å². The molecule has 2 heterocycles. The van der Waals surface area contributed by atoms with Gasteiger partial charge in [0.15, 0.2) is 38.7 Å². The predicted octanol–water partition coefficient (Wildman–Crippen LogP) is 6.39. The van der Waals surface area contributed by atoms with Gasteiger partial charge in [-0.25, -0.2) is 31.8 Å². The number of carbonyl (C=O) groups is 4. The summed E-state index contributed by atoms with van der Waals surface area (Å²) in [4.78, 5) is 74.9. The first kappa shape index (κ1) is 38.9. The summed E-state index contributed by atoms with van der Waals surface area (Å²) in [6, 6.07) is 4.81. The van der Waals surface area contributed by atoms with Gasteiger partial charge in [0.25, 0.3) is 11.8 Å². The summed E-state index contributed by atoms with van der Waals surface area (Å²) in [5.74, 6) is -24.7. The van der Waals surface area contributed by atoms with Crippen LogP contribution in [0.3, 0.4) is 0 Å². The average Bonchev–Trinajstić information content (AvgIpc) is 3.47. The summed E-state index contributed by atoms with van der Waals surface area (Å²) in [6.07, 6.45) is 0.184. The van der Waals surface area contributed by atoms with Gasteiger partial charge in [0, 0.05) is 37.2 Å². The molecule has 0 unspecified atom stereocenters. The van der Waals surface area contributed by atoms with Crippen LogP contribution in [0, 0.1) is 67.1 Å². The first-order valence-corrected chi connectivity index (χ1v) is 17.2. The van der Waals surface area contributed by atoms with Crippen LogP contribution in [0.15, 0.2) is 42.0 Å². The number of amides is 4. The summed E-state index contributed by atoms with van der Waals surface area (Å²) >= 11 is 20.6. The number of carbonyl (C=O) groups excluding carboxylic acids is 4. The highest BCUT2D eigenvalue weighted by atomic mass is 35.5. The van der Waals surface area contributed by atoms with Crippen molar-refractivity contribution in [2.75, 3.05) is 28.8 Å². The number of alkyl halides is 2. The van der Waals surface area contributed by atoms with Gasteiger partial charge in [-0.1, -0.05) is 29.3 Å². The number of benzene rings is 3. The van der Waals surface area contributed by atoms with E-state index < -0.39 is 137 Å². The van der Waals surface area contributed by atoms with Gasteiger partial charge >= 0.3 is 11.4 Å². The third kappa shape index (κ3) is 4.99. The Morgan fingerprint density at radius 3 is 1.89 bits per heavy atom. The van der Waals surface area contributed by atoms with Gasteiger partial charge in [-0.05, 0) is 36.5 Å². The van der Waals surface area contributed by atoms with Crippen molar-refractivity contribution in [3.8, 4) is 5.75 Å². The van der Waals surface area contributed by atoms with Crippen molar-refractivity contribution < 1.29 is 56.1 Å². The Hall–Kier alpha value is -5.40. The molecule has 0 radical (unpaired) electrons. The molecule has 56 heavy (non-hydrogen) atoms. The monoisotopic (exact) mass is 843 g/mol. The molecule has 292 valence electrons. The van der Waals surface area contributed by atoms with E-state index in [-0.39, 0.29) is 27.5 Å². The lowest BCUT2D eigenvalue weighted by molar-refractivity contribution is -0.392. The minimum atomic E-state index is -2.89.